The number of nitrogens with one attached hydrogen (secondary N) is 2. The number of hydrazone groups is 2. The molecule has 7 nitrogen and oxygen atoms in total. The van der Waals surface area contributed by atoms with E-state index >= 15 is 0 Å². The second kappa shape index (κ2) is 10.2. The van der Waals surface area contributed by atoms with Crippen molar-refractivity contribution in [3.05, 3.63) is 99.6 Å². The molecule has 0 fully saturated rings. The number of rotatable bonds is 6. The van der Waals surface area contributed by atoms with Gasteiger partial charge in [0.15, 0.2) is 0 Å². The van der Waals surface area contributed by atoms with Gasteiger partial charge in [-0.15, -0.1) is 0 Å². The number of hydrogen-bond acceptors (Lipinski definition) is 5. The normalized spacial score (nSPS) is 11.1. The third kappa shape index (κ3) is 5.89. The van der Waals surface area contributed by atoms with Gasteiger partial charge in [-0.3, -0.25) is 9.59 Å². The van der Waals surface area contributed by atoms with Crippen molar-refractivity contribution in [3.8, 4) is 5.75 Å². The summed E-state index contributed by atoms with van der Waals surface area (Å²) in [7, 11) is 0. The topological polar surface area (TPSA) is 103 Å². The van der Waals surface area contributed by atoms with Crippen LogP contribution in [0.2, 0.25) is 0 Å². The predicted molar refractivity (Wildman–Crippen MR) is 125 cm³/mol. The summed E-state index contributed by atoms with van der Waals surface area (Å²) in [5, 5.41) is 18.3. The molecular weight excluding hydrogens is 404 g/mol. The van der Waals surface area contributed by atoms with E-state index in [1.807, 2.05) is 26.0 Å². The Hall–Kier alpha value is -4.26. The van der Waals surface area contributed by atoms with Gasteiger partial charge in [-0.25, -0.2) is 10.9 Å². The average Bonchev–Trinajstić information content (AvgIpc) is 2.76. The van der Waals surface area contributed by atoms with Gasteiger partial charge in [-0.05, 0) is 68.3 Å². The number of hydrogen-bond donors (Lipinski definition) is 3. The van der Waals surface area contributed by atoms with Crippen molar-refractivity contribution < 1.29 is 14.7 Å². The third-order valence-corrected chi connectivity index (χ3v) is 4.66. The summed E-state index contributed by atoms with van der Waals surface area (Å²) in [5.74, 6) is -0.627. The Bertz CT molecular complexity index is 1220. The molecule has 3 aromatic rings. The van der Waals surface area contributed by atoms with Gasteiger partial charge in [-0.2, -0.15) is 10.2 Å². The molecule has 0 atom stereocenters. The Morgan fingerprint density at radius 2 is 1.31 bits per heavy atom. The first-order valence-electron chi connectivity index (χ1n) is 9.97. The van der Waals surface area contributed by atoms with Gasteiger partial charge in [0.05, 0.1) is 12.4 Å². The van der Waals surface area contributed by atoms with Crippen LogP contribution >= 0.6 is 0 Å². The van der Waals surface area contributed by atoms with E-state index in [1.165, 1.54) is 12.4 Å². The Balaban J connectivity index is 1.68. The zero-order valence-corrected chi connectivity index (χ0v) is 18.1. The van der Waals surface area contributed by atoms with Crippen molar-refractivity contribution in [2.24, 2.45) is 10.2 Å². The molecule has 32 heavy (non-hydrogen) atoms. The number of amides is 2. The van der Waals surface area contributed by atoms with E-state index in [4.69, 9.17) is 0 Å². The van der Waals surface area contributed by atoms with E-state index in [9.17, 15) is 14.7 Å². The summed E-state index contributed by atoms with van der Waals surface area (Å²) in [4.78, 5) is 24.4. The van der Waals surface area contributed by atoms with Gasteiger partial charge in [0, 0.05) is 16.7 Å². The van der Waals surface area contributed by atoms with Crippen molar-refractivity contribution in [3.63, 3.8) is 0 Å². The van der Waals surface area contributed by atoms with Crippen LogP contribution in [-0.2, 0) is 0 Å². The smallest absolute Gasteiger partial charge is 0.271 e. The van der Waals surface area contributed by atoms with E-state index in [2.05, 4.69) is 21.1 Å². The van der Waals surface area contributed by atoms with Crippen LogP contribution in [0.1, 0.15) is 48.5 Å². The lowest BCUT2D eigenvalue weighted by Gasteiger charge is -2.06. The number of aryl methyl sites for hydroxylation is 3. The Labute approximate surface area is 186 Å². The van der Waals surface area contributed by atoms with E-state index in [-0.39, 0.29) is 17.6 Å². The minimum Gasteiger partial charge on any atom is -0.507 e. The molecule has 0 aliphatic carbocycles. The zero-order chi connectivity index (χ0) is 23.1. The highest BCUT2D eigenvalue weighted by atomic mass is 16.3. The lowest BCUT2D eigenvalue weighted by molar-refractivity contribution is 0.0947. The van der Waals surface area contributed by atoms with Crippen LogP contribution in [0.15, 0.2) is 70.9 Å². The molecule has 0 aromatic heterocycles. The predicted octanol–water partition coefficient (Wildman–Crippen LogP) is 3.85. The molecule has 0 bridgehead atoms. The van der Waals surface area contributed by atoms with Crippen LogP contribution in [0, 0.1) is 20.8 Å². The first kappa shape index (κ1) is 22.4. The molecule has 7 heteroatoms. The van der Waals surface area contributed by atoms with Gasteiger partial charge in [0.25, 0.3) is 11.8 Å². The molecule has 0 unspecified atom stereocenters. The Morgan fingerprint density at radius 3 is 1.84 bits per heavy atom. The van der Waals surface area contributed by atoms with Crippen LogP contribution in [0.3, 0.4) is 0 Å². The number of benzene rings is 3. The summed E-state index contributed by atoms with van der Waals surface area (Å²) in [6.07, 6.45) is 2.83. The van der Waals surface area contributed by atoms with E-state index in [1.54, 1.807) is 55.5 Å². The minimum atomic E-state index is -0.349. The second-order valence-corrected chi connectivity index (χ2v) is 7.41. The van der Waals surface area contributed by atoms with Crippen molar-refractivity contribution in [1.82, 2.24) is 10.9 Å². The third-order valence-electron chi connectivity index (χ3n) is 4.66. The Morgan fingerprint density at radius 1 is 0.781 bits per heavy atom. The maximum Gasteiger partial charge on any atom is 0.271 e. The molecular formula is C25H24N4O3. The number of nitrogens with zero attached hydrogens (tertiary/aromatic N) is 2. The number of aromatic hydroxyl groups is 1. The minimum absolute atomic E-state index is 0.0412. The second-order valence-electron chi connectivity index (χ2n) is 7.41. The van der Waals surface area contributed by atoms with E-state index in [0.717, 1.165) is 11.1 Å². The molecule has 3 N–H and O–H groups in total. The molecule has 162 valence electrons. The summed E-state index contributed by atoms with van der Waals surface area (Å²) >= 11 is 0. The van der Waals surface area contributed by atoms with Gasteiger partial charge in [-0.1, -0.05) is 35.4 Å². The first-order valence-corrected chi connectivity index (χ1v) is 9.97. The van der Waals surface area contributed by atoms with Gasteiger partial charge in [0.1, 0.15) is 5.75 Å². The fourth-order valence-corrected chi connectivity index (χ4v) is 3.04. The molecule has 0 heterocycles. The SMILES string of the molecule is Cc1cccc(C(=O)N/N=C/c2cc(C)c(O)c(/C=N/NC(=O)c3cccc(C)c3)c2)c1. The van der Waals surface area contributed by atoms with Crippen molar-refractivity contribution in [1.29, 1.82) is 0 Å². The molecule has 0 aliphatic heterocycles. The summed E-state index contributed by atoms with van der Waals surface area (Å²) < 4.78 is 0. The molecule has 0 spiro atoms. The fraction of sp³-hybridized carbons (Fsp3) is 0.120. The van der Waals surface area contributed by atoms with Gasteiger partial charge in [0.2, 0.25) is 0 Å². The van der Waals surface area contributed by atoms with Crippen molar-refractivity contribution >= 4 is 24.2 Å². The van der Waals surface area contributed by atoms with Crippen LogP contribution in [0.4, 0.5) is 0 Å². The summed E-state index contributed by atoms with van der Waals surface area (Å²) in [6, 6.07) is 17.7. The van der Waals surface area contributed by atoms with Crippen LogP contribution in [0.5, 0.6) is 5.75 Å². The van der Waals surface area contributed by atoms with E-state index in [0.29, 0.717) is 27.8 Å². The summed E-state index contributed by atoms with van der Waals surface area (Å²) in [6.45, 7) is 5.55. The maximum atomic E-state index is 12.2. The largest absolute Gasteiger partial charge is 0.507 e. The maximum absolute atomic E-state index is 12.2. The van der Waals surface area contributed by atoms with Crippen molar-refractivity contribution in [2.45, 2.75) is 20.8 Å². The standard InChI is InChI=1S/C25H24N4O3/c1-16-6-4-8-20(10-16)24(31)28-26-14-19-12-18(3)23(30)22(13-19)15-27-29-25(32)21-9-5-7-17(2)11-21/h4-15,30H,1-3H3,(H,28,31)(H,29,32)/b26-14+,27-15+. The lowest BCUT2D eigenvalue weighted by atomic mass is 10.1. The monoisotopic (exact) mass is 428 g/mol. The number of phenolic OH excluding ortho intramolecular Hbond substituents is 1. The highest BCUT2D eigenvalue weighted by Gasteiger charge is 2.07. The quantitative estimate of drug-likeness (QED) is 0.410. The first-order chi connectivity index (χ1) is 15.3. The number of carbonyl (C=O) groups excluding carboxylic acids is 2. The number of phenols is 1. The van der Waals surface area contributed by atoms with Crippen LogP contribution in [0.25, 0.3) is 0 Å². The molecule has 3 rings (SSSR count). The average molecular weight is 428 g/mol. The summed E-state index contributed by atoms with van der Waals surface area (Å²) in [5.41, 5.74) is 9.55. The molecule has 2 amide bonds. The molecule has 0 radical (unpaired) electrons. The molecule has 0 aliphatic rings. The zero-order valence-electron chi connectivity index (χ0n) is 18.1. The highest BCUT2D eigenvalue weighted by molar-refractivity contribution is 5.96. The fourth-order valence-electron chi connectivity index (χ4n) is 3.04. The van der Waals surface area contributed by atoms with Gasteiger partial charge < -0.3 is 5.11 Å². The molecule has 3 aromatic carbocycles. The van der Waals surface area contributed by atoms with E-state index < -0.39 is 0 Å². The molecule has 0 saturated carbocycles. The molecule has 0 saturated heterocycles. The van der Waals surface area contributed by atoms with Gasteiger partial charge >= 0.3 is 0 Å². The number of carbonyl (C=O) groups is 2. The Kier molecular flexibility index (Phi) is 7.13. The van der Waals surface area contributed by atoms with Crippen molar-refractivity contribution in [2.75, 3.05) is 0 Å². The van der Waals surface area contributed by atoms with Crippen LogP contribution in [-0.4, -0.2) is 29.4 Å². The lowest BCUT2D eigenvalue weighted by Crippen LogP contribution is -2.18. The highest BCUT2D eigenvalue weighted by Crippen LogP contribution is 2.21. The van der Waals surface area contributed by atoms with Crippen LogP contribution < -0.4 is 10.9 Å².